The molecule has 3 atom stereocenters. The van der Waals surface area contributed by atoms with Crippen LogP contribution >= 0.6 is 0 Å². The minimum Gasteiger partial charge on any atom is -0.481 e. The monoisotopic (exact) mass is 289 g/mol. The smallest absolute Gasteiger partial charge is 0.305 e. The summed E-state index contributed by atoms with van der Waals surface area (Å²) in [6.07, 6.45) is 3.89. The zero-order chi connectivity index (χ0) is 15.4. The lowest BCUT2D eigenvalue weighted by atomic mass is 9.79. The molecule has 0 radical (unpaired) electrons. The fourth-order valence-electron chi connectivity index (χ4n) is 3.38. The standard InChI is InChI=1S/C18H27NO2/c1-13-5-8-16(9-6-13)19(11-10-18(20)21)17-12-14(2)4-7-15(17)3/h5-6,8-9,14-15,17H,4,7,10-12H2,1-3H3,(H,20,21). The highest BCUT2D eigenvalue weighted by Gasteiger charge is 2.30. The molecule has 3 nitrogen and oxygen atoms in total. The molecule has 1 aliphatic carbocycles. The van der Waals surface area contributed by atoms with Gasteiger partial charge in [0.15, 0.2) is 0 Å². The molecule has 1 aromatic rings. The second-order valence-corrected chi connectivity index (χ2v) is 6.64. The molecule has 2 rings (SSSR count). The Morgan fingerprint density at radius 3 is 2.52 bits per heavy atom. The van der Waals surface area contributed by atoms with E-state index < -0.39 is 5.97 Å². The predicted molar refractivity (Wildman–Crippen MR) is 86.7 cm³/mol. The van der Waals surface area contributed by atoms with Crippen molar-refractivity contribution in [2.24, 2.45) is 11.8 Å². The van der Waals surface area contributed by atoms with Gasteiger partial charge in [0.25, 0.3) is 0 Å². The molecule has 3 unspecified atom stereocenters. The third-order valence-corrected chi connectivity index (χ3v) is 4.75. The molecule has 21 heavy (non-hydrogen) atoms. The van der Waals surface area contributed by atoms with Gasteiger partial charge in [-0.15, -0.1) is 0 Å². The summed E-state index contributed by atoms with van der Waals surface area (Å²) in [5.74, 6) is 0.629. The van der Waals surface area contributed by atoms with E-state index in [0.29, 0.717) is 18.5 Å². The highest BCUT2D eigenvalue weighted by atomic mass is 16.4. The van der Waals surface area contributed by atoms with Crippen LogP contribution in [0.4, 0.5) is 5.69 Å². The zero-order valence-corrected chi connectivity index (χ0v) is 13.4. The van der Waals surface area contributed by atoms with Gasteiger partial charge in [0.05, 0.1) is 6.42 Å². The molecule has 1 aliphatic rings. The van der Waals surface area contributed by atoms with Crippen LogP contribution in [0.1, 0.15) is 45.1 Å². The number of hydrogen-bond donors (Lipinski definition) is 1. The number of rotatable bonds is 5. The Bertz CT molecular complexity index is 469. The Labute approximate surface area is 128 Å². The van der Waals surface area contributed by atoms with Gasteiger partial charge in [-0.05, 0) is 43.7 Å². The van der Waals surface area contributed by atoms with Crippen LogP contribution in [0.5, 0.6) is 0 Å². The van der Waals surface area contributed by atoms with E-state index in [-0.39, 0.29) is 6.42 Å². The third kappa shape index (κ3) is 4.23. The van der Waals surface area contributed by atoms with Crippen LogP contribution in [-0.4, -0.2) is 23.7 Å². The van der Waals surface area contributed by atoms with E-state index in [4.69, 9.17) is 5.11 Å². The predicted octanol–water partition coefficient (Wildman–Crippen LogP) is 4.10. The normalized spacial score (nSPS) is 25.6. The lowest BCUT2D eigenvalue weighted by molar-refractivity contribution is -0.136. The van der Waals surface area contributed by atoms with Crippen molar-refractivity contribution in [1.29, 1.82) is 0 Å². The number of nitrogens with zero attached hydrogens (tertiary/aromatic N) is 1. The van der Waals surface area contributed by atoms with Crippen molar-refractivity contribution in [3.8, 4) is 0 Å². The minimum absolute atomic E-state index is 0.200. The minimum atomic E-state index is -0.719. The molecule has 116 valence electrons. The van der Waals surface area contributed by atoms with E-state index >= 15 is 0 Å². The van der Waals surface area contributed by atoms with Crippen molar-refractivity contribution < 1.29 is 9.90 Å². The summed E-state index contributed by atoms with van der Waals surface area (Å²) in [5.41, 5.74) is 2.40. The first-order valence-corrected chi connectivity index (χ1v) is 8.02. The van der Waals surface area contributed by atoms with E-state index in [1.807, 2.05) is 0 Å². The van der Waals surface area contributed by atoms with Crippen molar-refractivity contribution >= 4 is 11.7 Å². The largest absolute Gasteiger partial charge is 0.481 e. The molecule has 0 spiro atoms. The van der Waals surface area contributed by atoms with E-state index in [9.17, 15) is 4.79 Å². The molecule has 0 saturated heterocycles. The number of anilines is 1. The Morgan fingerprint density at radius 2 is 1.90 bits per heavy atom. The quantitative estimate of drug-likeness (QED) is 0.887. The van der Waals surface area contributed by atoms with Gasteiger partial charge in [-0.25, -0.2) is 0 Å². The topological polar surface area (TPSA) is 40.5 Å². The van der Waals surface area contributed by atoms with Gasteiger partial charge in [-0.1, -0.05) is 38.0 Å². The Morgan fingerprint density at radius 1 is 1.24 bits per heavy atom. The summed E-state index contributed by atoms with van der Waals surface area (Å²) in [6.45, 7) is 7.29. The molecular weight excluding hydrogens is 262 g/mol. The van der Waals surface area contributed by atoms with Gasteiger partial charge < -0.3 is 10.0 Å². The van der Waals surface area contributed by atoms with Crippen molar-refractivity contribution in [1.82, 2.24) is 0 Å². The van der Waals surface area contributed by atoms with Crippen molar-refractivity contribution in [3.05, 3.63) is 29.8 Å². The van der Waals surface area contributed by atoms with Gasteiger partial charge in [0, 0.05) is 18.3 Å². The summed E-state index contributed by atoms with van der Waals surface area (Å²) in [4.78, 5) is 13.3. The summed E-state index contributed by atoms with van der Waals surface area (Å²) in [5, 5.41) is 9.04. The first-order valence-electron chi connectivity index (χ1n) is 8.02. The molecule has 1 N–H and O–H groups in total. The maximum Gasteiger partial charge on any atom is 0.305 e. The number of benzene rings is 1. The van der Waals surface area contributed by atoms with Crippen molar-refractivity contribution in [3.63, 3.8) is 0 Å². The van der Waals surface area contributed by atoms with Crippen LogP contribution in [0.2, 0.25) is 0 Å². The molecule has 1 saturated carbocycles. The van der Waals surface area contributed by atoms with Crippen LogP contribution in [0.25, 0.3) is 0 Å². The average molecular weight is 289 g/mol. The Hall–Kier alpha value is -1.51. The number of hydrogen-bond acceptors (Lipinski definition) is 2. The number of aryl methyl sites for hydroxylation is 1. The van der Waals surface area contributed by atoms with E-state index in [0.717, 1.165) is 18.0 Å². The SMILES string of the molecule is Cc1ccc(N(CCC(=O)O)C2CC(C)CCC2C)cc1. The molecule has 0 heterocycles. The highest BCUT2D eigenvalue weighted by Crippen LogP contribution is 2.34. The maximum atomic E-state index is 11.0. The molecule has 1 aromatic carbocycles. The lowest BCUT2D eigenvalue weighted by Gasteiger charge is -2.42. The number of carboxylic acids is 1. The summed E-state index contributed by atoms with van der Waals surface area (Å²) in [6, 6.07) is 8.93. The van der Waals surface area contributed by atoms with Crippen LogP contribution in [0.3, 0.4) is 0 Å². The first kappa shape index (κ1) is 15.9. The second kappa shape index (κ2) is 6.97. The average Bonchev–Trinajstić information content (AvgIpc) is 2.44. The van der Waals surface area contributed by atoms with Crippen LogP contribution in [-0.2, 0) is 4.79 Å². The number of carbonyl (C=O) groups is 1. The van der Waals surface area contributed by atoms with Gasteiger partial charge in [0.1, 0.15) is 0 Å². The van der Waals surface area contributed by atoms with E-state index in [1.54, 1.807) is 0 Å². The van der Waals surface area contributed by atoms with E-state index in [1.165, 1.54) is 18.4 Å². The van der Waals surface area contributed by atoms with Gasteiger partial charge in [-0.3, -0.25) is 4.79 Å². The fourth-order valence-corrected chi connectivity index (χ4v) is 3.38. The summed E-state index contributed by atoms with van der Waals surface area (Å²) < 4.78 is 0. The second-order valence-electron chi connectivity index (χ2n) is 6.64. The Kier molecular flexibility index (Phi) is 5.27. The van der Waals surface area contributed by atoms with Crippen molar-refractivity contribution in [2.75, 3.05) is 11.4 Å². The highest BCUT2D eigenvalue weighted by molar-refractivity contribution is 5.67. The summed E-state index contributed by atoms with van der Waals surface area (Å²) >= 11 is 0. The molecule has 0 amide bonds. The lowest BCUT2D eigenvalue weighted by Crippen LogP contribution is -2.44. The van der Waals surface area contributed by atoms with E-state index in [2.05, 4.69) is 49.9 Å². The zero-order valence-electron chi connectivity index (χ0n) is 13.4. The maximum absolute atomic E-state index is 11.0. The molecule has 0 aliphatic heterocycles. The molecule has 0 aromatic heterocycles. The number of aliphatic carboxylic acids is 1. The van der Waals surface area contributed by atoms with Gasteiger partial charge in [0.2, 0.25) is 0 Å². The fraction of sp³-hybridized carbons (Fsp3) is 0.611. The van der Waals surface area contributed by atoms with Gasteiger partial charge >= 0.3 is 5.97 Å². The molecule has 3 heteroatoms. The first-order chi connectivity index (χ1) is 9.97. The third-order valence-electron chi connectivity index (χ3n) is 4.75. The van der Waals surface area contributed by atoms with Gasteiger partial charge in [-0.2, -0.15) is 0 Å². The molecular formula is C18H27NO2. The Balaban J connectivity index is 2.21. The molecule has 0 bridgehead atoms. The van der Waals surface area contributed by atoms with Crippen LogP contribution in [0, 0.1) is 18.8 Å². The molecule has 1 fully saturated rings. The summed E-state index contributed by atoms with van der Waals surface area (Å²) in [7, 11) is 0. The van der Waals surface area contributed by atoms with Crippen molar-refractivity contribution in [2.45, 2.75) is 52.5 Å². The van der Waals surface area contributed by atoms with Crippen LogP contribution in [0.15, 0.2) is 24.3 Å². The number of carboxylic acid groups (broad SMARTS) is 1. The van der Waals surface area contributed by atoms with Crippen LogP contribution < -0.4 is 4.90 Å².